The summed E-state index contributed by atoms with van der Waals surface area (Å²) in [6.07, 6.45) is 3.68. The molecule has 1 N–H and O–H groups in total. The summed E-state index contributed by atoms with van der Waals surface area (Å²) < 4.78 is 44.2. The molecule has 0 saturated heterocycles. The zero-order valence-electron chi connectivity index (χ0n) is 19.8. The number of carbonyl (C=O) groups is 1. The van der Waals surface area contributed by atoms with Gasteiger partial charge in [0.05, 0.1) is 11.6 Å². The number of allylic oxidation sites excluding steroid dienone is 2. The molecule has 0 bridgehead atoms. The van der Waals surface area contributed by atoms with Gasteiger partial charge in [-0.3, -0.25) is 9.79 Å². The van der Waals surface area contributed by atoms with E-state index in [-0.39, 0.29) is 17.7 Å². The average Bonchev–Trinajstić information content (AvgIpc) is 2.83. The van der Waals surface area contributed by atoms with Crippen LogP contribution in [0, 0.1) is 0 Å². The van der Waals surface area contributed by atoms with E-state index < -0.39 is 11.7 Å². The van der Waals surface area contributed by atoms with Gasteiger partial charge in [-0.1, -0.05) is 31.2 Å². The van der Waals surface area contributed by atoms with Crippen LogP contribution in [0.25, 0.3) is 10.8 Å². The molecule has 4 nitrogen and oxygen atoms in total. The number of halogens is 3. The lowest BCUT2D eigenvalue weighted by Gasteiger charge is -2.16. The van der Waals surface area contributed by atoms with Crippen molar-refractivity contribution in [1.82, 2.24) is 5.32 Å². The SMILES string of the molecule is C\C=C/N=C/C(=C/CC)C(C)NC(=O)c1ccc2c(Oc3ccc(C(F)(F)F)cc3)cccc2c1. The van der Waals surface area contributed by atoms with E-state index in [0.29, 0.717) is 11.3 Å². The zero-order chi connectivity index (χ0) is 25.4. The van der Waals surface area contributed by atoms with Gasteiger partial charge in [-0.05, 0) is 79.8 Å². The summed E-state index contributed by atoms with van der Waals surface area (Å²) >= 11 is 0. The molecule has 1 amide bonds. The van der Waals surface area contributed by atoms with E-state index in [2.05, 4.69) is 10.3 Å². The zero-order valence-corrected chi connectivity index (χ0v) is 19.8. The van der Waals surface area contributed by atoms with Crippen molar-refractivity contribution < 1.29 is 22.7 Å². The lowest BCUT2D eigenvalue weighted by atomic mass is 10.0. The van der Waals surface area contributed by atoms with Gasteiger partial charge in [0.1, 0.15) is 11.5 Å². The number of hydrogen-bond acceptors (Lipinski definition) is 3. The van der Waals surface area contributed by atoms with Gasteiger partial charge < -0.3 is 10.1 Å². The first kappa shape index (κ1) is 25.7. The minimum absolute atomic E-state index is 0.227. The summed E-state index contributed by atoms with van der Waals surface area (Å²) in [5.41, 5.74) is 0.655. The maximum absolute atomic E-state index is 12.9. The number of carbonyl (C=O) groups excluding carboxylic acids is 1. The first-order valence-electron chi connectivity index (χ1n) is 11.3. The monoisotopic (exact) mass is 480 g/mol. The van der Waals surface area contributed by atoms with Crippen molar-refractivity contribution in [2.75, 3.05) is 0 Å². The fraction of sp³-hybridized carbons (Fsp3) is 0.214. The highest BCUT2D eigenvalue weighted by atomic mass is 19.4. The minimum atomic E-state index is -4.40. The van der Waals surface area contributed by atoms with Gasteiger partial charge in [-0.2, -0.15) is 13.2 Å². The molecule has 7 heteroatoms. The van der Waals surface area contributed by atoms with Crippen LogP contribution >= 0.6 is 0 Å². The molecule has 0 saturated carbocycles. The van der Waals surface area contributed by atoms with Crippen LogP contribution in [0.3, 0.4) is 0 Å². The van der Waals surface area contributed by atoms with Gasteiger partial charge in [-0.15, -0.1) is 0 Å². The maximum Gasteiger partial charge on any atom is 0.416 e. The maximum atomic E-state index is 12.9. The number of hydrogen-bond donors (Lipinski definition) is 1. The van der Waals surface area contributed by atoms with E-state index in [1.165, 1.54) is 12.1 Å². The number of fused-ring (bicyclic) bond motifs is 1. The molecule has 0 fully saturated rings. The van der Waals surface area contributed by atoms with Gasteiger partial charge in [0.2, 0.25) is 0 Å². The molecule has 35 heavy (non-hydrogen) atoms. The molecule has 0 aliphatic carbocycles. The number of ether oxygens (including phenoxy) is 1. The summed E-state index contributed by atoms with van der Waals surface area (Å²) in [6, 6.07) is 14.9. The molecule has 3 aromatic carbocycles. The third kappa shape index (κ3) is 6.82. The number of rotatable bonds is 8. The van der Waals surface area contributed by atoms with Gasteiger partial charge in [-0.25, -0.2) is 0 Å². The number of alkyl halides is 3. The number of amides is 1. The minimum Gasteiger partial charge on any atom is -0.457 e. The van der Waals surface area contributed by atoms with Gasteiger partial charge in [0.15, 0.2) is 0 Å². The largest absolute Gasteiger partial charge is 0.457 e. The van der Waals surface area contributed by atoms with Gasteiger partial charge >= 0.3 is 6.18 Å². The van der Waals surface area contributed by atoms with Crippen molar-refractivity contribution in [2.24, 2.45) is 4.99 Å². The molecule has 0 aromatic heterocycles. The van der Waals surface area contributed by atoms with E-state index in [1.807, 2.05) is 39.0 Å². The molecular weight excluding hydrogens is 453 g/mol. The first-order chi connectivity index (χ1) is 16.7. The van der Waals surface area contributed by atoms with Crippen LogP contribution in [0.5, 0.6) is 11.5 Å². The van der Waals surface area contributed by atoms with Crippen LogP contribution in [0.1, 0.15) is 43.1 Å². The van der Waals surface area contributed by atoms with Crippen molar-refractivity contribution >= 4 is 22.9 Å². The molecule has 0 radical (unpaired) electrons. The Bertz CT molecular complexity index is 1260. The highest BCUT2D eigenvalue weighted by Crippen LogP contribution is 2.33. The third-order valence-corrected chi connectivity index (χ3v) is 5.26. The fourth-order valence-corrected chi connectivity index (χ4v) is 3.48. The summed E-state index contributed by atoms with van der Waals surface area (Å²) in [5, 5.41) is 4.51. The Morgan fingerprint density at radius 3 is 2.51 bits per heavy atom. The standard InChI is InChI=1S/C28H27F3N2O2/c1-4-7-22(18-32-16-5-2)19(3)33-27(34)21-10-15-25-20(17-21)8-6-9-26(25)35-24-13-11-23(12-14-24)28(29,30)31/h5-19H,4H2,1-3H3,(H,33,34)/b16-5-,22-7-,32-18+. The molecule has 0 spiro atoms. The molecule has 3 aromatic rings. The number of nitrogens with zero attached hydrogens (tertiary/aromatic N) is 1. The first-order valence-corrected chi connectivity index (χ1v) is 11.3. The summed E-state index contributed by atoms with van der Waals surface area (Å²) in [6.45, 7) is 5.80. The molecule has 0 aliphatic heterocycles. The molecular formula is C28H27F3N2O2. The summed E-state index contributed by atoms with van der Waals surface area (Å²) in [5.74, 6) is 0.543. The Balaban J connectivity index is 1.79. The molecule has 3 rings (SSSR count). The van der Waals surface area contributed by atoms with Crippen molar-refractivity contribution in [1.29, 1.82) is 0 Å². The van der Waals surface area contributed by atoms with Crippen molar-refractivity contribution in [3.05, 3.63) is 95.7 Å². The second-order valence-electron chi connectivity index (χ2n) is 7.88. The van der Waals surface area contributed by atoms with Crippen molar-refractivity contribution in [2.45, 2.75) is 39.4 Å². The second-order valence-corrected chi connectivity index (χ2v) is 7.88. The van der Waals surface area contributed by atoms with Gasteiger partial charge in [0.25, 0.3) is 5.91 Å². The topological polar surface area (TPSA) is 50.7 Å². The average molecular weight is 481 g/mol. The highest BCUT2D eigenvalue weighted by Gasteiger charge is 2.30. The van der Waals surface area contributed by atoms with Crippen LogP contribution in [0.4, 0.5) is 13.2 Å². The number of aliphatic imine (C=N–C) groups is 1. The van der Waals surface area contributed by atoms with Crippen molar-refractivity contribution in [3.63, 3.8) is 0 Å². The van der Waals surface area contributed by atoms with Crippen LogP contribution in [-0.2, 0) is 6.18 Å². The van der Waals surface area contributed by atoms with Gasteiger partial charge in [0, 0.05) is 23.4 Å². The molecule has 0 heterocycles. The summed E-state index contributed by atoms with van der Waals surface area (Å²) in [7, 11) is 0. The normalized spacial score (nSPS) is 13.5. The van der Waals surface area contributed by atoms with E-state index in [0.717, 1.165) is 34.9 Å². The predicted molar refractivity (Wildman–Crippen MR) is 134 cm³/mol. The molecule has 1 unspecified atom stereocenters. The molecule has 1 atom stereocenters. The van der Waals surface area contributed by atoms with E-state index in [4.69, 9.17) is 4.74 Å². The Morgan fingerprint density at radius 1 is 1.11 bits per heavy atom. The quantitative estimate of drug-likeness (QED) is 0.336. The van der Waals surface area contributed by atoms with E-state index in [1.54, 1.807) is 42.7 Å². The smallest absolute Gasteiger partial charge is 0.416 e. The summed E-state index contributed by atoms with van der Waals surface area (Å²) in [4.78, 5) is 17.1. The Morgan fingerprint density at radius 2 is 1.86 bits per heavy atom. The Labute approximate surface area is 202 Å². The number of benzene rings is 3. The Hall–Kier alpha value is -3.87. The van der Waals surface area contributed by atoms with Crippen molar-refractivity contribution in [3.8, 4) is 11.5 Å². The number of nitrogens with one attached hydrogen (secondary N) is 1. The Kier molecular flexibility index (Phi) is 8.47. The highest BCUT2D eigenvalue weighted by molar-refractivity contribution is 6.00. The lowest BCUT2D eigenvalue weighted by molar-refractivity contribution is -0.137. The second kappa shape index (κ2) is 11.5. The predicted octanol–water partition coefficient (Wildman–Crippen LogP) is 7.71. The molecule has 182 valence electrons. The fourth-order valence-electron chi connectivity index (χ4n) is 3.48. The molecule has 0 aliphatic rings. The van der Waals surface area contributed by atoms with Crippen LogP contribution in [-0.4, -0.2) is 18.2 Å². The van der Waals surface area contributed by atoms with E-state index >= 15 is 0 Å². The lowest BCUT2D eigenvalue weighted by Crippen LogP contribution is -2.34. The van der Waals surface area contributed by atoms with Crippen LogP contribution in [0.2, 0.25) is 0 Å². The van der Waals surface area contributed by atoms with E-state index in [9.17, 15) is 18.0 Å². The van der Waals surface area contributed by atoms with Crippen LogP contribution < -0.4 is 10.1 Å². The van der Waals surface area contributed by atoms with Crippen LogP contribution in [0.15, 0.2) is 89.6 Å². The third-order valence-electron chi connectivity index (χ3n) is 5.26.